The van der Waals surface area contributed by atoms with E-state index in [4.69, 9.17) is 0 Å². The molecule has 1 amide bonds. The maximum absolute atomic E-state index is 13.1. The quantitative estimate of drug-likeness (QED) is 0.715. The Morgan fingerprint density at radius 2 is 1.79 bits per heavy atom. The summed E-state index contributed by atoms with van der Waals surface area (Å²) in [4.78, 5) is 13.1. The molecule has 0 unspecified atom stereocenters. The Bertz CT molecular complexity index is 1040. The molecule has 1 heterocycles. The molecule has 0 atom stereocenters. The summed E-state index contributed by atoms with van der Waals surface area (Å²) in [5.41, 5.74) is 4.21. The summed E-state index contributed by atoms with van der Waals surface area (Å²) in [5, 5.41) is 3.00. The van der Waals surface area contributed by atoms with E-state index in [0.717, 1.165) is 40.5 Å². The molecule has 0 saturated carbocycles. The predicted molar refractivity (Wildman–Crippen MR) is 117 cm³/mol. The van der Waals surface area contributed by atoms with Crippen molar-refractivity contribution >= 4 is 37.5 Å². The van der Waals surface area contributed by atoms with Crippen LogP contribution in [0.15, 0.2) is 45.8 Å². The molecule has 2 aliphatic rings. The summed E-state index contributed by atoms with van der Waals surface area (Å²) in [6, 6.07) is 11.3. The first-order chi connectivity index (χ1) is 13.8. The van der Waals surface area contributed by atoms with Crippen LogP contribution in [0, 0.1) is 12.8 Å². The van der Waals surface area contributed by atoms with E-state index in [2.05, 4.69) is 21.2 Å². The largest absolute Gasteiger partial charge is 0.326 e. The van der Waals surface area contributed by atoms with E-state index in [0.29, 0.717) is 30.8 Å². The van der Waals surface area contributed by atoms with Crippen molar-refractivity contribution in [3.05, 3.63) is 57.6 Å². The monoisotopic (exact) mass is 476 g/mol. The second-order valence-corrected chi connectivity index (χ2v) is 10.8. The summed E-state index contributed by atoms with van der Waals surface area (Å²) >= 11 is 3.43. The van der Waals surface area contributed by atoms with Crippen molar-refractivity contribution in [1.82, 2.24) is 4.31 Å². The lowest BCUT2D eigenvalue weighted by Gasteiger charge is -2.30. The first kappa shape index (κ1) is 20.6. The van der Waals surface area contributed by atoms with Gasteiger partial charge in [0.1, 0.15) is 0 Å². The van der Waals surface area contributed by atoms with E-state index < -0.39 is 10.0 Å². The third-order valence-electron chi connectivity index (χ3n) is 5.99. The van der Waals surface area contributed by atoms with Gasteiger partial charge in [-0.15, -0.1) is 0 Å². The summed E-state index contributed by atoms with van der Waals surface area (Å²) < 4.78 is 28.6. The Balaban J connectivity index is 1.41. The number of anilines is 1. The van der Waals surface area contributed by atoms with Gasteiger partial charge in [-0.05, 0) is 80.0 Å². The number of hydrogen-bond acceptors (Lipinski definition) is 3. The number of hydrogen-bond donors (Lipinski definition) is 1. The van der Waals surface area contributed by atoms with E-state index in [1.165, 1.54) is 9.87 Å². The summed E-state index contributed by atoms with van der Waals surface area (Å²) in [5.74, 6) is -0.222. The number of carbonyl (C=O) groups excluding carboxylic acids is 1. The van der Waals surface area contributed by atoms with Crippen LogP contribution >= 0.6 is 15.9 Å². The molecule has 2 aromatic carbocycles. The molecule has 1 aliphatic carbocycles. The summed E-state index contributed by atoms with van der Waals surface area (Å²) in [6.07, 6.45) is 4.15. The number of nitrogens with zero attached hydrogens (tertiary/aromatic N) is 1. The topological polar surface area (TPSA) is 66.5 Å². The van der Waals surface area contributed by atoms with E-state index in [1.807, 2.05) is 37.3 Å². The number of sulfonamides is 1. The third-order valence-corrected chi connectivity index (χ3v) is 8.38. The average Bonchev–Trinajstić information content (AvgIpc) is 3.18. The zero-order chi connectivity index (χ0) is 20.6. The molecule has 4 rings (SSSR count). The van der Waals surface area contributed by atoms with E-state index >= 15 is 0 Å². The van der Waals surface area contributed by atoms with Crippen molar-refractivity contribution in [1.29, 1.82) is 0 Å². The minimum absolute atomic E-state index is 0.0409. The number of piperidine rings is 1. The normalized spacial score (nSPS) is 17.9. The number of rotatable bonds is 4. The number of nitrogens with one attached hydrogen (secondary N) is 1. The van der Waals surface area contributed by atoms with Crippen molar-refractivity contribution in [3.63, 3.8) is 0 Å². The van der Waals surface area contributed by atoms with Gasteiger partial charge in [-0.2, -0.15) is 4.31 Å². The van der Waals surface area contributed by atoms with Gasteiger partial charge in [-0.25, -0.2) is 8.42 Å². The second-order valence-electron chi connectivity index (χ2n) is 7.91. The Labute approximate surface area is 180 Å². The molecule has 1 saturated heterocycles. The van der Waals surface area contributed by atoms with Crippen LogP contribution in [0.3, 0.4) is 0 Å². The highest BCUT2D eigenvalue weighted by Crippen LogP contribution is 2.29. The van der Waals surface area contributed by atoms with Crippen molar-refractivity contribution in [2.75, 3.05) is 18.4 Å². The van der Waals surface area contributed by atoms with Crippen LogP contribution in [0.25, 0.3) is 0 Å². The number of benzene rings is 2. The minimum atomic E-state index is -3.51. The smallest absolute Gasteiger partial charge is 0.243 e. The molecule has 1 aliphatic heterocycles. The average molecular weight is 477 g/mol. The van der Waals surface area contributed by atoms with Crippen LogP contribution in [0.1, 0.15) is 36.0 Å². The molecular weight excluding hydrogens is 452 g/mol. The Hall–Kier alpha value is -1.70. The van der Waals surface area contributed by atoms with Gasteiger partial charge >= 0.3 is 0 Å². The van der Waals surface area contributed by atoms with Crippen molar-refractivity contribution in [2.24, 2.45) is 5.92 Å². The van der Waals surface area contributed by atoms with Gasteiger partial charge in [0.05, 0.1) is 4.90 Å². The molecule has 0 spiro atoms. The lowest BCUT2D eigenvalue weighted by atomic mass is 9.97. The van der Waals surface area contributed by atoms with Crippen LogP contribution in [0.4, 0.5) is 5.69 Å². The van der Waals surface area contributed by atoms with Crippen LogP contribution in [0.5, 0.6) is 0 Å². The number of amides is 1. The fraction of sp³-hybridized carbons (Fsp3) is 0.409. The minimum Gasteiger partial charge on any atom is -0.326 e. The van der Waals surface area contributed by atoms with Crippen molar-refractivity contribution in [2.45, 2.75) is 43.9 Å². The van der Waals surface area contributed by atoms with Gasteiger partial charge in [0, 0.05) is 29.2 Å². The van der Waals surface area contributed by atoms with E-state index in [-0.39, 0.29) is 11.8 Å². The van der Waals surface area contributed by atoms with Gasteiger partial charge in [0.15, 0.2) is 0 Å². The zero-order valence-corrected chi connectivity index (χ0v) is 18.9. The standard InChI is InChI=1S/C22H25BrN2O3S/c1-15-5-7-19(23)14-21(15)24-22(26)17-9-11-25(12-10-17)29(27,28)20-8-6-16-3-2-4-18(16)13-20/h5-8,13-14,17H,2-4,9-12H2,1H3,(H,24,26). The second kappa shape index (κ2) is 8.20. The van der Waals surface area contributed by atoms with Gasteiger partial charge < -0.3 is 5.32 Å². The molecule has 154 valence electrons. The van der Waals surface area contributed by atoms with Crippen LogP contribution in [-0.4, -0.2) is 31.7 Å². The maximum atomic E-state index is 13.1. The van der Waals surface area contributed by atoms with Crippen LogP contribution < -0.4 is 5.32 Å². The molecule has 0 aromatic heterocycles. The zero-order valence-electron chi connectivity index (χ0n) is 16.4. The maximum Gasteiger partial charge on any atom is 0.243 e. The molecule has 5 nitrogen and oxygen atoms in total. The molecule has 29 heavy (non-hydrogen) atoms. The van der Waals surface area contributed by atoms with Crippen LogP contribution in [-0.2, 0) is 27.7 Å². The number of aryl methyl sites for hydroxylation is 3. The van der Waals surface area contributed by atoms with E-state index in [9.17, 15) is 13.2 Å². The first-order valence-electron chi connectivity index (χ1n) is 10.0. The Morgan fingerprint density at radius 1 is 1.07 bits per heavy atom. The highest BCUT2D eigenvalue weighted by molar-refractivity contribution is 9.10. The molecule has 2 aromatic rings. The number of halogens is 1. The summed E-state index contributed by atoms with van der Waals surface area (Å²) in [7, 11) is -3.51. The molecule has 7 heteroatoms. The van der Waals surface area contributed by atoms with Crippen molar-refractivity contribution < 1.29 is 13.2 Å². The third kappa shape index (κ3) is 4.27. The number of carbonyl (C=O) groups is 1. The lowest BCUT2D eigenvalue weighted by molar-refractivity contribution is -0.120. The molecule has 1 N–H and O–H groups in total. The molecule has 0 bridgehead atoms. The number of fused-ring (bicyclic) bond motifs is 1. The van der Waals surface area contributed by atoms with Gasteiger partial charge in [-0.1, -0.05) is 28.1 Å². The first-order valence-corrected chi connectivity index (χ1v) is 12.3. The van der Waals surface area contributed by atoms with E-state index in [1.54, 1.807) is 6.07 Å². The fourth-order valence-electron chi connectivity index (χ4n) is 4.18. The van der Waals surface area contributed by atoms with Gasteiger partial charge in [0.2, 0.25) is 15.9 Å². The fourth-order valence-corrected chi connectivity index (χ4v) is 6.06. The van der Waals surface area contributed by atoms with Crippen molar-refractivity contribution in [3.8, 4) is 0 Å². The van der Waals surface area contributed by atoms with Gasteiger partial charge in [0.25, 0.3) is 0 Å². The highest BCUT2D eigenvalue weighted by atomic mass is 79.9. The highest BCUT2D eigenvalue weighted by Gasteiger charge is 2.32. The SMILES string of the molecule is Cc1ccc(Br)cc1NC(=O)C1CCN(S(=O)(=O)c2ccc3c(c2)CCC3)CC1. The van der Waals surface area contributed by atoms with Crippen LogP contribution in [0.2, 0.25) is 0 Å². The molecule has 0 radical (unpaired) electrons. The predicted octanol–water partition coefficient (Wildman–Crippen LogP) is 4.29. The lowest BCUT2D eigenvalue weighted by Crippen LogP contribution is -2.41. The van der Waals surface area contributed by atoms with Gasteiger partial charge in [-0.3, -0.25) is 4.79 Å². The Morgan fingerprint density at radius 3 is 2.55 bits per heavy atom. The molecule has 1 fully saturated rings. The Kier molecular flexibility index (Phi) is 5.82. The summed E-state index contributed by atoms with van der Waals surface area (Å²) in [6.45, 7) is 2.69. The molecular formula is C22H25BrN2O3S.